The van der Waals surface area contributed by atoms with Crippen LogP contribution in [0.3, 0.4) is 0 Å². The van der Waals surface area contributed by atoms with E-state index in [4.69, 9.17) is 0 Å². The first-order valence-corrected chi connectivity index (χ1v) is 7.71. The molecule has 2 rings (SSSR count). The Kier molecular flexibility index (Phi) is 5.60. The van der Waals surface area contributed by atoms with Gasteiger partial charge >= 0.3 is 0 Å². The summed E-state index contributed by atoms with van der Waals surface area (Å²) in [4.78, 5) is 14.0. The third kappa shape index (κ3) is 4.34. The normalized spacial score (nSPS) is 15.4. The minimum Gasteiger partial charge on any atom is -0.340 e. The predicted octanol–water partition coefficient (Wildman–Crippen LogP) is 2.45. The first kappa shape index (κ1) is 15.0. The summed E-state index contributed by atoms with van der Waals surface area (Å²) in [5, 5.41) is 3.27. The Labute approximate surface area is 122 Å². The molecule has 1 saturated heterocycles. The smallest absolute Gasteiger partial charge is 0.222 e. The van der Waals surface area contributed by atoms with E-state index in [9.17, 15) is 4.79 Å². The lowest BCUT2D eigenvalue weighted by Crippen LogP contribution is -2.46. The van der Waals surface area contributed by atoms with E-state index < -0.39 is 0 Å². The van der Waals surface area contributed by atoms with Crippen LogP contribution in [0.4, 0.5) is 0 Å². The molecule has 0 spiro atoms. The van der Waals surface area contributed by atoms with E-state index in [0.717, 1.165) is 45.4 Å². The van der Waals surface area contributed by atoms with Crippen LogP contribution >= 0.6 is 0 Å². The summed E-state index contributed by atoms with van der Waals surface area (Å²) in [5.74, 6) is 0.326. The van der Waals surface area contributed by atoms with E-state index in [1.807, 2.05) is 4.90 Å². The zero-order chi connectivity index (χ0) is 14.4. The van der Waals surface area contributed by atoms with Crippen molar-refractivity contribution in [2.24, 2.45) is 0 Å². The lowest BCUT2D eigenvalue weighted by molar-refractivity contribution is -0.131. The molecule has 1 amide bonds. The van der Waals surface area contributed by atoms with Crippen molar-refractivity contribution in [3.63, 3.8) is 0 Å². The number of unbranched alkanes of at least 4 members (excludes halogenated alkanes) is 1. The van der Waals surface area contributed by atoms with Crippen LogP contribution in [0.25, 0.3) is 0 Å². The number of amides is 1. The van der Waals surface area contributed by atoms with E-state index in [0.29, 0.717) is 12.3 Å². The molecule has 1 N–H and O–H groups in total. The fraction of sp³-hybridized carbons (Fsp3) is 0.588. The molecule has 0 radical (unpaired) electrons. The van der Waals surface area contributed by atoms with Crippen LogP contribution in [-0.4, -0.2) is 37.0 Å². The van der Waals surface area contributed by atoms with Gasteiger partial charge in [-0.1, -0.05) is 18.2 Å². The molecule has 1 aliphatic heterocycles. The molecule has 0 aliphatic carbocycles. The molecule has 1 fully saturated rings. The van der Waals surface area contributed by atoms with Crippen LogP contribution in [0.1, 0.15) is 36.0 Å². The van der Waals surface area contributed by atoms with Gasteiger partial charge in [0.1, 0.15) is 0 Å². The van der Waals surface area contributed by atoms with Gasteiger partial charge in [-0.25, -0.2) is 0 Å². The Morgan fingerprint density at radius 2 is 1.90 bits per heavy atom. The molecule has 0 aromatic heterocycles. The second-order valence-electron chi connectivity index (χ2n) is 5.76. The number of aryl methyl sites for hydroxylation is 3. The maximum absolute atomic E-state index is 12.0. The van der Waals surface area contributed by atoms with E-state index >= 15 is 0 Å². The summed E-state index contributed by atoms with van der Waals surface area (Å²) >= 11 is 0. The van der Waals surface area contributed by atoms with Gasteiger partial charge in [-0.15, -0.1) is 0 Å². The molecule has 1 aromatic carbocycles. The lowest BCUT2D eigenvalue weighted by atomic mass is 10.0. The molecule has 1 aromatic rings. The van der Waals surface area contributed by atoms with E-state index in [1.54, 1.807) is 0 Å². The van der Waals surface area contributed by atoms with Crippen molar-refractivity contribution in [2.75, 3.05) is 26.2 Å². The highest BCUT2D eigenvalue weighted by Gasteiger charge is 2.15. The number of rotatable bonds is 5. The SMILES string of the molecule is Cc1ccc(CCCCC(=O)N2CCNCC2)cc1C. The first-order chi connectivity index (χ1) is 9.66. The molecule has 0 unspecified atom stereocenters. The van der Waals surface area contributed by atoms with Gasteiger partial charge in [0, 0.05) is 32.6 Å². The number of nitrogens with zero attached hydrogens (tertiary/aromatic N) is 1. The van der Waals surface area contributed by atoms with Crippen LogP contribution in [0.5, 0.6) is 0 Å². The Balaban J connectivity index is 1.68. The molecule has 0 saturated carbocycles. The van der Waals surface area contributed by atoms with Gasteiger partial charge in [-0.05, 0) is 49.8 Å². The number of benzene rings is 1. The van der Waals surface area contributed by atoms with Gasteiger partial charge in [0.15, 0.2) is 0 Å². The molecule has 3 nitrogen and oxygen atoms in total. The molecule has 20 heavy (non-hydrogen) atoms. The van der Waals surface area contributed by atoms with Gasteiger partial charge < -0.3 is 10.2 Å². The highest BCUT2D eigenvalue weighted by atomic mass is 16.2. The molecule has 110 valence electrons. The van der Waals surface area contributed by atoms with Crippen LogP contribution in [0.2, 0.25) is 0 Å². The van der Waals surface area contributed by atoms with Crippen molar-refractivity contribution < 1.29 is 4.79 Å². The van der Waals surface area contributed by atoms with Gasteiger partial charge in [0.25, 0.3) is 0 Å². The van der Waals surface area contributed by atoms with Crippen LogP contribution < -0.4 is 5.32 Å². The van der Waals surface area contributed by atoms with E-state index in [1.165, 1.54) is 16.7 Å². The van der Waals surface area contributed by atoms with E-state index in [-0.39, 0.29) is 0 Å². The third-order valence-electron chi connectivity index (χ3n) is 4.15. The largest absolute Gasteiger partial charge is 0.340 e. The van der Waals surface area contributed by atoms with Gasteiger partial charge in [-0.2, -0.15) is 0 Å². The third-order valence-corrected chi connectivity index (χ3v) is 4.15. The van der Waals surface area contributed by atoms with Crippen molar-refractivity contribution in [3.05, 3.63) is 34.9 Å². The van der Waals surface area contributed by atoms with Crippen molar-refractivity contribution in [1.29, 1.82) is 0 Å². The molecule has 1 aliphatic rings. The summed E-state index contributed by atoms with van der Waals surface area (Å²) in [5.41, 5.74) is 4.10. The minimum absolute atomic E-state index is 0.326. The molecule has 0 atom stereocenters. The average Bonchev–Trinajstić information content (AvgIpc) is 2.48. The Hall–Kier alpha value is -1.35. The van der Waals surface area contributed by atoms with Gasteiger partial charge in [0.2, 0.25) is 5.91 Å². The zero-order valence-corrected chi connectivity index (χ0v) is 12.7. The van der Waals surface area contributed by atoms with Crippen LogP contribution in [0.15, 0.2) is 18.2 Å². The molecular weight excluding hydrogens is 248 g/mol. The molecule has 1 heterocycles. The van der Waals surface area contributed by atoms with Crippen molar-refractivity contribution >= 4 is 5.91 Å². The summed E-state index contributed by atoms with van der Waals surface area (Å²) in [6, 6.07) is 6.67. The van der Waals surface area contributed by atoms with Gasteiger partial charge in [-0.3, -0.25) is 4.79 Å². The topological polar surface area (TPSA) is 32.3 Å². The summed E-state index contributed by atoms with van der Waals surface area (Å²) in [7, 11) is 0. The van der Waals surface area contributed by atoms with Gasteiger partial charge in [0.05, 0.1) is 0 Å². The van der Waals surface area contributed by atoms with E-state index in [2.05, 4.69) is 37.4 Å². The summed E-state index contributed by atoms with van der Waals surface area (Å²) < 4.78 is 0. The Bertz CT molecular complexity index is 450. The summed E-state index contributed by atoms with van der Waals surface area (Å²) in [6.45, 7) is 7.92. The molecule has 0 bridgehead atoms. The van der Waals surface area contributed by atoms with Crippen LogP contribution in [-0.2, 0) is 11.2 Å². The Morgan fingerprint density at radius 1 is 1.15 bits per heavy atom. The summed E-state index contributed by atoms with van der Waals surface area (Å²) in [6.07, 6.45) is 3.87. The number of hydrogen-bond acceptors (Lipinski definition) is 2. The lowest BCUT2D eigenvalue weighted by Gasteiger charge is -2.27. The zero-order valence-electron chi connectivity index (χ0n) is 12.7. The highest BCUT2D eigenvalue weighted by Crippen LogP contribution is 2.13. The number of hydrogen-bond donors (Lipinski definition) is 1. The highest BCUT2D eigenvalue weighted by molar-refractivity contribution is 5.76. The predicted molar refractivity (Wildman–Crippen MR) is 82.9 cm³/mol. The maximum Gasteiger partial charge on any atom is 0.222 e. The van der Waals surface area contributed by atoms with Crippen molar-refractivity contribution in [3.8, 4) is 0 Å². The average molecular weight is 274 g/mol. The van der Waals surface area contributed by atoms with Crippen molar-refractivity contribution in [2.45, 2.75) is 39.5 Å². The monoisotopic (exact) mass is 274 g/mol. The van der Waals surface area contributed by atoms with Crippen LogP contribution in [0, 0.1) is 13.8 Å². The quantitative estimate of drug-likeness (QED) is 0.837. The molecular formula is C17H26N2O. The maximum atomic E-state index is 12.0. The number of nitrogens with one attached hydrogen (secondary N) is 1. The fourth-order valence-corrected chi connectivity index (χ4v) is 2.64. The Morgan fingerprint density at radius 3 is 2.60 bits per heavy atom. The molecule has 3 heteroatoms. The standard InChI is InChI=1S/C17H26N2O/c1-14-7-8-16(13-15(14)2)5-3-4-6-17(20)19-11-9-18-10-12-19/h7-8,13,18H,3-6,9-12H2,1-2H3. The fourth-order valence-electron chi connectivity index (χ4n) is 2.64. The number of piperazine rings is 1. The number of carbonyl (C=O) groups excluding carboxylic acids is 1. The number of carbonyl (C=O) groups is 1. The minimum atomic E-state index is 0.326. The second kappa shape index (κ2) is 7.44. The second-order valence-corrected chi connectivity index (χ2v) is 5.76. The van der Waals surface area contributed by atoms with Crippen molar-refractivity contribution in [1.82, 2.24) is 10.2 Å². The first-order valence-electron chi connectivity index (χ1n) is 7.71.